The molecule has 1 heterocycles. The molecule has 3 aromatic rings. The Morgan fingerprint density at radius 3 is 2.39 bits per heavy atom. The summed E-state index contributed by atoms with van der Waals surface area (Å²) in [5.41, 5.74) is 2.49. The summed E-state index contributed by atoms with van der Waals surface area (Å²) >= 11 is 0. The Balaban J connectivity index is 1.82. The quantitative estimate of drug-likeness (QED) is 0.238. The van der Waals surface area contributed by atoms with Crippen LogP contribution in [0.4, 0.5) is 0 Å². The van der Waals surface area contributed by atoms with Gasteiger partial charge in [-0.3, -0.25) is 4.57 Å². The van der Waals surface area contributed by atoms with Crippen LogP contribution in [0, 0.1) is 0 Å². The van der Waals surface area contributed by atoms with Crippen LogP contribution in [0.15, 0.2) is 53.3 Å². The Morgan fingerprint density at radius 2 is 1.79 bits per heavy atom. The molecule has 0 aliphatic rings. The first-order chi connectivity index (χ1) is 16.0. The molecule has 0 fully saturated rings. The van der Waals surface area contributed by atoms with E-state index in [1.807, 2.05) is 48.5 Å². The van der Waals surface area contributed by atoms with Gasteiger partial charge >= 0.3 is 5.69 Å². The highest BCUT2D eigenvalue weighted by molar-refractivity contribution is 7.14. The molecular weight excluding hydrogens is 439 g/mol. The van der Waals surface area contributed by atoms with E-state index in [1.165, 1.54) is 4.57 Å². The van der Waals surface area contributed by atoms with Gasteiger partial charge in [0.05, 0.1) is 31.2 Å². The van der Waals surface area contributed by atoms with Crippen molar-refractivity contribution >= 4 is 15.7 Å². The van der Waals surface area contributed by atoms with Gasteiger partial charge in [0.2, 0.25) is 5.88 Å². The Bertz CT molecular complexity index is 1100. The number of carbonyl (C=O) groups is 1. The number of hydrogen-bond donors (Lipinski definition) is 1. The number of methoxy groups -OCH3 is 1. The summed E-state index contributed by atoms with van der Waals surface area (Å²) < 4.78 is 13.9. The molecule has 2 unspecified atom stereocenters. The zero-order valence-corrected chi connectivity index (χ0v) is 20.2. The zero-order chi connectivity index (χ0) is 23.8. The van der Waals surface area contributed by atoms with E-state index < -0.39 is 5.69 Å². The van der Waals surface area contributed by atoms with E-state index in [0.29, 0.717) is 18.6 Å². The predicted molar refractivity (Wildman–Crippen MR) is 131 cm³/mol. The molecule has 0 spiro atoms. The summed E-state index contributed by atoms with van der Waals surface area (Å²) in [7, 11) is 3.81. The number of aromatic nitrogens is 2. The molecular formula is C25H31N2O5P. The molecule has 0 amide bonds. The van der Waals surface area contributed by atoms with Crippen molar-refractivity contribution in [3.05, 3.63) is 75.8 Å². The zero-order valence-electron chi connectivity index (χ0n) is 19.1. The monoisotopic (exact) mass is 470 g/mol. The summed E-state index contributed by atoms with van der Waals surface area (Å²) in [6.45, 7) is 2.65. The molecule has 176 valence electrons. The molecule has 0 aliphatic heterocycles. The standard InChI is InChI=1S/C25H31N2O5P/c1-3-4-5-6-23(32-17-18-7-13-21(31-2)14-8-18)19-9-11-20(12-10-19)26-22(15-16-28)24(29)27(33)25(26)30/h7-14,16,23,29H,3-6,15,17,33H2,1-2H3. The second-order valence-corrected chi connectivity index (χ2v) is 8.38. The van der Waals surface area contributed by atoms with Gasteiger partial charge in [-0.2, -0.15) is 0 Å². The summed E-state index contributed by atoms with van der Waals surface area (Å²) in [5.74, 6) is 0.574. The Kier molecular flexibility index (Phi) is 8.87. The van der Waals surface area contributed by atoms with E-state index in [-0.39, 0.29) is 24.1 Å². The van der Waals surface area contributed by atoms with Crippen LogP contribution in [-0.2, 0) is 22.6 Å². The van der Waals surface area contributed by atoms with Crippen molar-refractivity contribution in [2.45, 2.75) is 51.7 Å². The fourth-order valence-electron chi connectivity index (χ4n) is 3.76. The van der Waals surface area contributed by atoms with E-state index in [0.717, 1.165) is 46.9 Å². The molecule has 2 aromatic carbocycles. The number of imidazole rings is 1. The lowest BCUT2D eigenvalue weighted by atomic mass is 10.0. The molecule has 0 saturated carbocycles. The number of ether oxygens (including phenoxy) is 2. The topological polar surface area (TPSA) is 82.7 Å². The number of carbonyl (C=O) groups excluding carboxylic acids is 1. The van der Waals surface area contributed by atoms with Crippen molar-refractivity contribution in [1.82, 2.24) is 8.90 Å². The third-order valence-electron chi connectivity index (χ3n) is 5.63. The highest BCUT2D eigenvalue weighted by Crippen LogP contribution is 2.28. The normalized spacial score (nSPS) is 12.0. The minimum atomic E-state index is -0.433. The third kappa shape index (κ3) is 5.92. The largest absolute Gasteiger partial charge is 0.497 e. The number of nitrogens with zero attached hydrogens (tertiary/aromatic N) is 2. The van der Waals surface area contributed by atoms with Crippen molar-refractivity contribution in [2.75, 3.05) is 7.11 Å². The molecule has 0 aliphatic carbocycles. The smallest absolute Gasteiger partial charge is 0.338 e. The van der Waals surface area contributed by atoms with Crippen LogP contribution in [0.1, 0.15) is 55.5 Å². The Hall–Kier alpha value is -2.89. The van der Waals surface area contributed by atoms with Crippen molar-refractivity contribution in [1.29, 1.82) is 0 Å². The fourth-order valence-corrected chi connectivity index (χ4v) is 4.03. The summed E-state index contributed by atoms with van der Waals surface area (Å²) in [5, 5.41) is 10.2. The second-order valence-electron chi connectivity index (χ2n) is 7.86. The summed E-state index contributed by atoms with van der Waals surface area (Å²) in [6.07, 6.45) is 4.73. The van der Waals surface area contributed by atoms with E-state index in [4.69, 9.17) is 9.47 Å². The van der Waals surface area contributed by atoms with Gasteiger partial charge in [0.15, 0.2) is 0 Å². The first-order valence-electron chi connectivity index (χ1n) is 11.1. The van der Waals surface area contributed by atoms with Crippen molar-refractivity contribution < 1.29 is 19.4 Å². The lowest BCUT2D eigenvalue weighted by Gasteiger charge is -2.19. The number of unbranched alkanes of at least 4 members (excludes halogenated alkanes) is 2. The lowest BCUT2D eigenvalue weighted by molar-refractivity contribution is -0.107. The summed E-state index contributed by atoms with van der Waals surface area (Å²) in [6, 6.07) is 15.3. The van der Waals surface area contributed by atoms with Gasteiger partial charge < -0.3 is 19.4 Å². The van der Waals surface area contributed by atoms with Gasteiger partial charge in [-0.15, -0.1) is 0 Å². The highest BCUT2D eigenvalue weighted by atomic mass is 31.0. The average molecular weight is 471 g/mol. The molecule has 8 heteroatoms. The second kappa shape index (κ2) is 11.8. The molecule has 0 radical (unpaired) electrons. The molecule has 1 N–H and O–H groups in total. The molecule has 3 rings (SSSR count). The van der Waals surface area contributed by atoms with Crippen LogP contribution < -0.4 is 10.4 Å². The van der Waals surface area contributed by atoms with Crippen molar-refractivity contribution in [3.8, 4) is 17.3 Å². The highest BCUT2D eigenvalue weighted by Gasteiger charge is 2.19. The maximum absolute atomic E-state index is 12.6. The van der Waals surface area contributed by atoms with E-state index >= 15 is 0 Å². The van der Waals surface area contributed by atoms with Crippen LogP contribution >= 0.6 is 9.39 Å². The minimum absolute atomic E-state index is 0.0607. The maximum atomic E-state index is 12.6. The number of hydrogen-bond acceptors (Lipinski definition) is 5. The fraction of sp³-hybridized carbons (Fsp3) is 0.360. The number of benzene rings is 2. The van der Waals surface area contributed by atoms with Gasteiger partial charge in [-0.05, 0) is 51.2 Å². The SMILES string of the molecule is CCCCCC(OCc1ccc(OC)cc1)c1ccc(-n2c(CC=O)c(O)n(P)c2=O)cc1. The Labute approximate surface area is 196 Å². The van der Waals surface area contributed by atoms with Crippen LogP contribution in [0.2, 0.25) is 0 Å². The van der Waals surface area contributed by atoms with Gasteiger partial charge in [0.25, 0.3) is 0 Å². The van der Waals surface area contributed by atoms with E-state index in [2.05, 4.69) is 16.3 Å². The van der Waals surface area contributed by atoms with Crippen molar-refractivity contribution in [3.63, 3.8) is 0 Å². The molecule has 33 heavy (non-hydrogen) atoms. The molecule has 2 atom stereocenters. The van der Waals surface area contributed by atoms with Gasteiger partial charge in [-0.1, -0.05) is 50.5 Å². The molecule has 0 saturated heterocycles. The number of rotatable bonds is 12. The minimum Gasteiger partial charge on any atom is -0.497 e. The van der Waals surface area contributed by atoms with E-state index in [1.54, 1.807) is 7.11 Å². The lowest BCUT2D eigenvalue weighted by Crippen LogP contribution is -2.20. The molecule has 0 bridgehead atoms. The number of aromatic hydroxyl groups is 1. The van der Waals surface area contributed by atoms with Gasteiger partial charge in [-0.25, -0.2) is 9.13 Å². The van der Waals surface area contributed by atoms with Gasteiger partial charge in [0, 0.05) is 6.42 Å². The van der Waals surface area contributed by atoms with Crippen LogP contribution in [0.3, 0.4) is 0 Å². The van der Waals surface area contributed by atoms with Crippen LogP contribution in [0.25, 0.3) is 5.69 Å². The Morgan fingerprint density at radius 1 is 1.09 bits per heavy atom. The van der Waals surface area contributed by atoms with Crippen LogP contribution in [0.5, 0.6) is 11.6 Å². The number of aldehydes is 1. The summed E-state index contributed by atoms with van der Waals surface area (Å²) in [4.78, 5) is 23.6. The van der Waals surface area contributed by atoms with Crippen molar-refractivity contribution in [2.24, 2.45) is 0 Å². The van der Waals surface area contributed by atoms with Crippen LogP contribution in [-0.4, -0.2) is 27.4 Å². The van der Waals surface area contributed by atoms with Gasteiger partial charge in [0.1, 0.15) is 12.0 Å². The predicted octanol–water partition coefficient (Wildman–Crippen LogP) is 4.57. The third-order valence-corrected chi connectivity index (χ3v) is 6.10. The molecule has 1 aromatic heterocycles. The van der Waals surface area contributed by atoms with E-state index in [9.17, 15) is 14.7 Å². The molecule has 7 nitrogen and oxygen atoms in total. The average Bonchev–Trinajstić information content (AvgIpc) is 3.05. The first-order valence-corrected chi connectivity index (χ1v) is 11.6. The first kappa shape index (κ1) is 24.7. The maximum Gasteiger partial charge on any atom is 0.338 e.